The first-order valence-electron chi connectivity index (χ1n) is 7.35. The fraction of sp³-hybridized carbons (Fsp3) is 0.588. The van der Waals surface area contributed by atoms with Crippen LogP contribution in [0.5, 0.6) is 0 Å². The second-order valence-corrected chi connectivity index (χ2v) is 8.03. The molecule has 0 N–H and O–H groups in total. The lowest BCUT2D eigenvalue weighted by Gasteiger charge is -2.39. The summed E-state index contributed by atoms with van der Waals surface area (Å²) in [6, 6.07) is 7.74. The summed E-state index contributed by atoms with van der Waals surface area (Å²) in [5.74, 6) is 0.0991. The predicted molar refractivity (Wildman–Crippen MR) is 82.0 cm³/mol. The Bertz CT molecular complexity index is 554. The third kappa shape index (κ3) is 2.35. The van der Waals surface area contributed by atoms with Crippen LogP contribution in [0.15, 0.2) is 24.3 Å². The summed E-state index contributed by atoms with van der Waals surface area (Å²) in [5, 5.41) is 0.559. The Morgan fingerprint density at radius 2 is 1.95 bits per heavy atom. The van der Waals surface area contributed by atoms with Crippen molar-refractivity contribution in [3.63, 3.8) is 0 Å². The lowest BCUT2D eigenvalue weighted by Crippen LogP contribution is -2.37. The van der Waals surface area contributed by atoms with Gasteiger partial charge in [0.05, 0.1) is 10.6 Å². The summed E-state index contributed by atoms with van der Waals surface area (Å²) in [4.78, 5) is 14.9. The second kappa shape index (κ2) is 4.49. The van der Waals surface area contributed by atoms with Crippen LogP contribution >= 0.6 is 11.6 Å². The highest BCUT2D eigenvalue weighted by molar-refractivity contribution is 6.33. The van der Waals surface area contributed by atoms with Gasteiger partial charge in [0.25, 0.3) is 5.91 Å². The Balaban J connectivity index is 1.89. The maximum absolute atomic E-state index is 12.8. The Labute approximate surface area is 126 Å². The molecule has 1 aromatic carbocycles. The van der Waals surface area contributed by atoms with E-state index in [-0.39, 0.29) is 11.3 Å². The van der Waals surface area contributed by atoms with E-state index in [1.807, 2.05) is 18.2 Å². The van der Waals surface area contributed by atoms with Crippen LogP contribution in [0.4, 0.5) is 0 Å². The van der Waals surface area contributed by atoms with E-state index in [4.69, 9.17) is 11.6 Å². The van der Waals surface area contributed by atoms with Crippen LogP contribution in [0.2, 0.25) is 5.02 Å². The molecule has 20 heavy (non-hydrogen) atoms. The number of rotatable bonds is 1. The van der Waals surface area contributed by atoms with Gasteiger partial charge >= 0.3 is 0 Å². The largest absolute Gasteiger partial charge is 0.335 e. The summed E-state index contributed by atoms with van der Waals surface area (Å²) in [6.07, 6.45) is 3.42. The number of amides is 1. The molecule has 1 aromatic rings. The van der Waals surface area contributed by atoms with Gasteiger partial charge in [0.2, 0.25) is 0 Å². The molecule has 0 unspecified atom stereocenters. The van der Waals surface area contributed by atoms with Gasteiger partial charge in [-0.25, -0.2) is 0 Å². The Morgan fingerprint density at radius 1 is 1.25 bits per heavy atom. The third-order valence-electron chi connectivity index (χ3n) is 4.78. The highest BCUT2D eigenvalue weighted by Crippen LogP contribution is 2.52. The number of likely N-dealkylation sites (tertiary alicyclic amines) is 1. The first-order valence-corrected chi connectivity index (χ1v) is 7.73. The van der Waals surface area contributed by atoms with E-state index in [9.17, 15) is 4.79 Å². The van der Waals surface area contributed by atoms with Gasteiger partial charge in [0.1, 0.15) is 0 Å². The van der Waals surface area contributed by atoms with E-state index in [0.29, 0.717) is 22.0 Å². The van der Waals surface area contributed by atoms with Gasteiger partial charge in [0.15, 0.2) is 0 Å². The second-order valence-electron chi connectivity index (χ2n) is 7.63. The SMILES string of the molecule is CC1(C)C[C@H]2C[C@@](C)(CN2C(=O)c2ccccc2Cl)C1. The highest BCUT2D eigenvalue weighted by Gasteiger charge is 2.51. The molecule has 3 rings (SSSR count). The molecule has 1 heterocycles. The van der Waals surface area contributed by atoms with E-state index >= 15 is 0 Å². The van der Waals surface area contributed by atoms with Crippen LogP contribution in [-0.2, 0) is 0 Å². The number of hydrogen-bond acceptors (Lipinski definition) is 1. The molecule has 0 aromatic heterocycles. The van der Waals surface area contributed by atoms with Crippen LogP contribution in [0.25, 0.3) is 0 Å². The summed E-state index contributed by atoms with van der Waals surface area (Å²) >= 11 is 6.18. The molecule has 1 saturated carbocycles. The molecule has 2 atom stereocenters. The number of benzene rings is 1. The fourth-order valence-electron chi connectivity index (χ4n) is 4.49. The minimum Gasteiger partial charge on any atom is -0.335 e. The minimum absolute atomic E-state index is 0.0991. The average molecular weight is 292 g/mol. The first-order chi connectivity index (χ1) is 9.30. The molecule has 0 radical (unpaired) electrons. The van der Waals surface area contributed by atoms with E-state index in [2.05, 4.69) is 25.7 Å². The first kappa shape index (κ1) is 13.9. The third-order valence-corrected chi connectivity index (χ3v) is 5.11. The maximum Gasteiger partial charge on any atom is 0.255 e. The van der Waals surface area contributed by atoms with Crippen molar-refractivity contribution in [2.75, 3.05) is 6.54 Å². The minimum atomic E-state index is 0.0991. The lowest BCUT2D eigenvalue weighted by atomic mass is 9.65. The van der Waals surface area contributed by atoms with Crippen molar-refractivity contribution in [2.45, 2.75) is 46.1 Å². The molecule has 2 fully saturated rings. The van der Waals surface area contributed by atoms with Crippen molar-refractivity contribution in [2.24, 2.45) is 10.8 Å². The van der Waals surface area contributed by atoms with E-state index in [1.165, 1.54) is 6.42 Å². The zero-order chi connectivity index (χ0) is 14.5. The number of halogens is 1. The number of fused-ring (bicyclic) bond motifs is 2. The standard InChI is InChI=1S/C17H22ClNO/c1-16(2)8-12-9-17(3,10-16)11-19(12)15(20)13-6-4-5-7-14(13)18/h4-7,12H,8-11H2,1-3H3/t12-,17+/m0/s1. The van der Waals surface area contributed by atoms with Crippen LogP contribution < -0.4 is 0 Å². The Kier molecular flexibility index (Phi) is 3.13. The van der Waals surface area contributed by atoms with Crippen LogP contribution in [0.3, 0.4) is 0 Å². The van der Waals surface area contributed by atoms with Crippen molar-refractivity contribution in [3.05, 3.63) is 34.9 Å². The summed E-state index contributed by atoms with van der Waals surface area (Å²) in [7, 11) is 0. The van der Waals surface area contributed by atoms with E-state index < -0.39 is 0 Å². The van der Waals surface area contributed by atoms with Crippen LogP contribution in [0, 0.1) is 10.8 Å². The van der Waals surface area contributed by atoms with Gasteiger partial charge in [-0.3, -0.25) is 4.79 Å². The molecule has 2 bridgehead atoms. The van der Waals surface area contributed by atoms with Crippen LogP contribution in [-0.4, -0.2) is 23.4 Å². The van der Waals surface area contributed by atoms with Gasteiger partial charge in [-0.2, -0.15) is 0 Å². The molecule has 1 saturated heterocycles. The number of carbonyl (C=O) groups is 1. The predicted octanol–water partition coefficient (Wildman–Crippen LogP) is 4.38. The molecular formula is C17H22ClNO. The maximum atomic E-state index is 12.8. The molecule has 0 spiro atoms. The molecule has 2 nitrogen and oxygen atoms in total. The van der Waals surface area contributed by atoms with E-state index in [1.54, 1.807) is 6.07 Å². The average Bonchev–Trinajstić information content (AvgIpc) is 2.58. The zero-order valence-electron chi connectivity index (χ0n) is 12.4. The molecular weight excluding hydrogens is 270 g/mol. The van der Waals surface area contributed by atoms with E-state index in [0.717, 1.165) is 19.4 Å². The highest BCUT2D eigenvalue weighted by atomic mass is 35.5. The Morgan fingerprint density at radius 3 is 2.65 bits per heavy atom. The van der Waals surface area contributed by atoms with Gasteiger partial charge in [-0.1, -0.05) is 44.5 Å². The van der Waals surface area contributed by atoms with Gasteiger partial charge in [-0.05, 0) is 42.2 Å². The molecule has 1 amide bonds. The molecule has 108 valence electrons. The topological polar surface area (TPSA) is 20.3 Å². The summed E-state index contributed by atoms with van der Waals surface area (Å²) in [5.41, 5.74) is 1.24. The van der Waals surface area contributed by atoms with Crippen molar-refractivity contribution < 1.29 is 4.79 Å². The summed E-state index contributed by atoms with van der Waals surface area (Å²) < 4.78 is 0. The quantitative estimate of drug-likeness (QED) is 0.752. The fourth-order valence-corrected chi connectivity index (χ4v) is 4.70. The Hall–Kier alpha value is -1.02. The van der Waals surface area contributed by atoms with Crippen molar-refractivity contribution in [3.8, 4) is 0 Å². The van der Waals surface area contributed by atoms with Crippen molar-refractivity contribution in [1.82, 2.24) is 4.90 Å². The number of nitrogens with zero attached hydrogens (tertiary/aromatic N) is 1. The van der Waals surface area contributed by atoms with Gasteiger partial charge in [-0.15, -0.1) is 0 Å². The normalized spacial score (nSPS) is 31.4. The van der Waals surface area contributed by atoms with Gasteiger partial charge in [0, 0.05) is 12.6 Å². The smallest absolute Gasteiger partial charge is 0.255 e. The van der Waals surface area contributed by atoms with Crippen LogP contribution in [0.1, 0.15) is 50.4 Å². The number of hydrogen-bond donors (Lipinski definition) is 0. The molecule has 1 aliphatic heterocycles. The van der Waals surface area contributed by atoms with Crippen molar-refractivity contribution >= 4 is 17.5 Å². The molecule has 2 aliphatic rings. The molecule has 1 aliphatic carbocycles. The number of carbonyl (C=O) groups excluding carboxylic acids is 1. The zero-order valence-corrected chi connectivity index (χ0v) is 13.2. The lowest BCUT2D eigenvalue weighted by molar-refractivity contribution is 0.0708. The molecule has 3 heteroatoms. The van der Waals surface area contributed by atoms with Gasteiger partial charge < -0.3 is 4.90 Å². The monoisotopic (exact) mass is 291 g/mol. The van der Waals surface area contributed by atoms with Crippen molar-refractivity contribution in [1.29, 1.82) is 0 Å². The summed E-state index contributed by atoms with van der Waals surface area (Å²) in [6.45, 7) is 7.83.